The maximum Gasteiger partial charge on any atom is 0.242 e. The van der Waals surface area contributed by atoms with E-state index >= 15 is 0 Å². The van der Waals surface area contributed by atoms with Gasteiger partial charge >= 0.3 is 0 Å². The summed E-state index contributed by atoms with van der Waals surface area (Å²) < 4.78 is 4.98. The highest BCUT2D eigenvalue weighted by molar-refractivity contribution is 5.84. The second-order valence-corrected chi connectivity index (χ2v) is 4.07. The van der Waals surface area contributed by atoms with Crippen molar-refractivity contribution in [1.29, 1.82) is 0 Å². The van der Waals surface area contributed by atoms with Crippen molar-refractivity contribution in [3.05, 3.63) is 12.3 Å². The molecule has 0 bridgehead atoms. The molecule has 2 rings (SSSR count). The van der Waals surface area contributed by atoms with Gasteiger partial charge in [-0.3, -0.25) is 4.79 Å². The van der Waals surface area contributed by atoms with E-state index in [1.807, 2.05) is 0 Å². The summed E-state index contributed by atoms with van der Waals surface area (Å²) in [6, 6.07) is 1.65. The Morgan fingerprint density at radius 1 is 1.59 bits per heavy atom. The van der Waals surface area contributed by atoms with Crippen LogP contribution in [0.3, 0.4) is 0 Å². The minimum Gasteiger partial charge on any atom is -0.481 e. The third kappa shape index (κ3) is 3.30. The smallest absolute Gasteiger partial charge is 0.242 e. The first-order valence-electron chi connectivity index (χ1n) is 5.63. The topological polar surface area (TPSA) is 76.1 Å². The number of amides is 1. The zero-order valence-electron chi connectivity index (χ0n) is 9.93. The number of aromatic nitrogens is 2. The van der Waals surface area contributed by atoms with Crippen LogP contribution in [0.1, 0.15) is 19.8 Å². The van der Waals surface area contributed by atoms with Crippen LogP contribution in [0.15, 0.2) is 12.3 Å². The second kappa shape index (κ2) is 4.99. The van der Waals surface area contributed by atoms with Crippen molar-refractivity contribution in [2.24, 2.45) is 0 Å². The summed E-state index contributed by atoms with van der Waals surface area (Å²) in [5.74, 6) is 0.832. The van der Waals surface area contributed by atoms with Gasteiger partial charge in [0.05, 0.1) is 7.11 Å². The molecule has 1 aliphatic rings. The van der Waals surface area contributed by atoms with E-state index < -0.39 is 0 Å². The fourth-order valence-electron chi connectivity index (χ4n) is 1.34. The summed E-state index contributed by atoms with van der Waals surface area (Å²) in [5, 5.41) is 5.85. The van der Waals surface area contributed by atoms with Crippen LogP contribution in [0.4, 0.5) is 5.95 Å². The van der Waals surface area contributed by atoms with Crippen LogP contribution in [0.5, 0.6) is 5.88 Å². The lowest BCUT2D eigenvalue weighted by molar-refractivity contribution is -0.121. The monoisotopic (exact) mass is 236 g/mol. The third-order valence-electron chi connectivity index (χ3n) is 2.50. The normalized spacial score (nSPS) is 16.1. The molecule has 17 heavy (non-hydrogen) atoms. The molecule has 0 radical (unpaired) electrons. The van der Waals surface area contributed by atoms with Gasteiger partial charge in [0, 0.05) is 18.3 Å². The van der Waals surface area contributed by atoms with Gasteiger partial charge in [-0.25, -0.2) is 4.98 Å². The van der Waals surface area contributed by atoms with E-state index in [4.69, 9.17) is 4.74 Å². The van der Waals surface area contributed by atoms with E-state index in [0.717, 1.165) is 12.8 Å². The van der Waals surface area contributed by atoms with Crippen LogP contribution in [-0.4, -0.2) is 35.1 Å². The molecule has 6 nitrogen and oxygen atoms in total. The Morgan fingerprint density at radius 3 is 3.00 bits per heavy atom. The molecule has 6 heteroatoms. The number of carbonyl (C=O) groups is 1. The van der Waals surface area contributed by atoms with Gasteiger partial charge < -0.3 is 15.4 Å². The lowest BCUT2D eigenvalue weighted by Crippen LogP contribution is -2.39. The van der Waals surface area contributed by atoms with Gasteiger partial charge in [-0.15, -0.1) is 0 Å². The van der Waals surface area contributed by atoms with Crippen LogP contribution >= 0.6 is 0 Å². The molecule has 1 heterocycles. The number of ether oxygens (including phenoxy) is 1. The number of nitrogens with zero attached hydrogens (tertiary/aromatic N) is 2. The van der Waals surface area contributed by atoms with Gasteiger partial charge in [-0.2, -0.15) is 4.98 Å². The Bertz CT molecular complexity index is 406. The Kier molecular flexibility index (Phi) is 3.41. The molecular formula is C11H16N4O2. The quantitative estimate of drug-likeness (QED) is 0.781. The summed E-state index contributed by atoms with van der Waals surface area (Å²) in [6.07, 6.45) is 3.74. The van der Waals surface area contributed by atoms with Crippen molar-refractivity contribution in [3.63, 3.8) is 0 Å². The molecule has 1 aliphatic carbocycles. The number of anilines is 1. The third-order valence-corrected chi connectivity index (χ3v) is 2.50. The van der Waals surface area contributed by atoms with Crippen molar-refractivity contribution >= 4 is 11.9 Å². The molecule has 0 aromatic carbocycles. The standard InChI is InChI=1S/C11H16N4O2/c1-7(10(16)14-8-3-4-8)13-11-12-6-5-9(15-11)17-2/h5-8H,3-4H2,1-2H3,(H,14,16)(H,12,13,15). The molecule has 1 aromatic rings. The number of methoxy groups -OCH3 is 1. The highest BCUT2D eigenvalue weighted by Gasteiger charge is 2.25. The zero-order chi connectivity index (χ0) is 12.3. The number of hydrogen-bond acceptors (Lipinski definition) is 5. The van der Waals surface area contributed by atoms with Crippen LogP contribution in [0.2, 0.25) is 0 Å². The molecule has 1 aromatic heterocycles. The first-order chi connectivity index (χ1) is 8.19. The van der Waals surface area contributed by atoms with Gasteiger partial charge in [0.1, 0.15) is 6.04 Å². The molecule has 0 saturated heterocycles. The van der Waals surface area contributed by atoms with Gasteiger partial charge in [-0.1, -0.05) is 0 Å². The van der Waals surface area contributed by atoms with Crippen LogP contribution < -0.4 is 15.4 Å². The average Bonchev–Trinajstić information content (AvgIpc) is 3.13. The van der Waals surface area contributed by atoms with E-state index in [2.05, 4.69) is 20.6 Å². The fraction of sp³-hybridized carbons (Fsp3) is 0.545. The highest BCUT2D eigenvalue weighted by atomic mass is 16.5. The van der Waals surface area contributed by atoms with Gasteiger partial charge in [0.25, 0.3) is 0 Å². The Morgan fingerprint density at radius 2 is 2.35 bits per heavy atom. The maximum absolute atomic E-state index is 11.7. The van der Waals surface area contributed by atoms with E-state index in [-0.39, 0.29) is 11.9 Å². The van der Waals surface area contributed by atoms with Crippen LogP contribution in [0.25, 0.3) is 0 Å². The Labute approximate surface area is 99.8 Å². The molecule has 1 unspecified atom stereocenters. The SMILES string of the molecule is COc1ccnc(NC(C)C(=O)NC2CC2)n1. The van der Waals surface area contributed by atoms with E-state index in [0.29, 0.717) is 17.9 Å². The van der Waals surface area contributed by atoms with Gasteiger partial charge in [-0.05, 0) is 19.8 Å². The minimum atomic E-state index is -0.359. The average molecular weight is 236 g/mol. The number of carbonyl (C=O) groups excluding carboxylic acids is 1. The molecule has 1 amide bonds. The molecule has 92 valence electrons. The lowest BCUT2D eigenvalue weighted by Gasteiger charge is -2.13. The van der Waals surface area contributed by atoms with E-state index in [1.165, 1.54) is 7.11 Å². The van der Waals surface area contributed by atoms with Crippen LogP contribution in [-0.2, 0) is 4.79 Å². The lowest BCUT2D eigenvalue weighted by atomic mass is 10.3. The maximum atomic E-state index is 11.7. The summed E-state index contributed by atoms with van der Waals surface area (Å²) in [6.45, 7) is 1.78. The summed E-state index contributed by atoms with van der Waals surface area (Å²) >= 11 is 0. The van der Waals surface area contributed by atoms with Crippen molar-refractivity contribution in [3.8, 4) is 5.88 Å². The molecule has 0 aliphatic heterocycles. The second-order valence-electron chi connectivity index (χ2n) is 4.07. The number of nitrogens with one attached hydrogen (secondary N) is 2. The predicted octanol–water partition coefficient (Wildman–Crippen LogP) is 0.564. The predicted molar refractivity (Wildman–Crippen MR) is 62.8 cm³/mol. The molecule has 1 fully saturated rings. The molecule has 0 spiro atoms. The Hall–Kier alpha value is -1.85. The minimum absolute atomic E-state index is 0.0288. The molecule has 1 atom stereocenters. The highest BCUT2D eigenvalue weighted by Crippen LogP contribution is 2.18. The van der Waals surface area contributed by atoms with Crippen molar-refractivity contribution in [2.45, 2.75) is 31.8 Å². The summed E-state index contributed by atoms with van der Waals surface area (Å²) in [7, 11) is 1.54. The fourth-order valence-corrected chi connectivity index (χ4v) is 1.34. The van der Waals surface area contributed by atoms with Gasteiger partial charge in [0.2, 0.25) is 17.7 Å². The first kappa shape index (κ1) is 11.6. The molecular weight excluding hydrogens is 220 g/mol. The van der Waals surface area contributed by atoms with E-state index in [9.17, 15) is 4.79 Å². The van der Waals surface area contributed by atoms with Crippen molar-refractivity contribution in [2.75, 3.05) is 12.4 Å². The van der Waals surface area contributed by atoms with Gasteiger partial charge in [0.15, 0.2) is 0 Å². The number of rotatable bonds is 5. The summed E-state index contributed by atoms with van der Waals surface area (Å²) in [4.78, 5) is 19.8. The summed E-state index contributed by atoms with van der Waals surface area (Å²) in [5.41, 5.74) is 0. The largest absolute Gasteiger partial charge is 0.481 e. The molecule has 2 N–H and O–H groups in total. The zero-order valence-corrected chi connectivity index (χ0v) is 9.93. The van der Waals surface area contributed by atoms with E-state index in [1.54, 1.807) is 19.2 Å². The van der Waals surface area contributed by atoms with Crippen molar-refractivity contribution in [1.82, 2.24) is 15.3 Å². The van der Waals surface area contributed by atoms with Crippen LogP contribution in [0, 0.1) is 0 Å². The number of hydrogen-bond donors (Lipinski definition) is 2. The first-order valence-corrected chi connectivity index (χ1v) is 5.63. The van der Waals surface area contributed by atoms with Crippen molar-refractivity contribution < 1.29 is 9.53 Å². The molecule has 1 saturated carbocycles. The Balaban J connectivity index is 1.91.